The van der Waals surface area contributed by atoms with E-state index >= 15 is 0 Å². The molecular formula is C20H17ClN4O4. The third-order valence-electron chi connectivity index (χ3n) is 4.67. The molecule has 0 fully saturated rings. The number of imide groups is 1. The Morgan fingerprint density at radius 1 is 1.17 bits per heavy atom. The molecule has 3 amide bonds. The molecular weight excluding hydrogens is 396 g/mol. The van der Waals surface area contributed by atoms with Crippen LogP contribution in [0, 0.1) is 0 Å². The number of H-pyrrole nitrogens is 1. The number of halogens is 1. The van der Waals surface area contributed by atoms with Crippen molar-refractivity contribution < 1.29 is 19.1 Å². The summed E-state index contributed by atoms with van der Waals surface area (Å²) in [4.78, 5) is 45.8. The summed E-state index contributed by atoms with van der Waals surface area (Å²) in [5.74, 6) is -1.14. The Hall–Kier alpha value is -3.23. The van der Waals surface area contributed by atoms with Crippen LogP contribution in [0.3, 0.4) is 0 Å². The predicted octanol–water partition coefficient (Wildman–Crippen LogP) is 3.10. The summed E-state index contributed by atoms with van der Waals surface area (Å²) in [6.45, 7) is 0.724. The van der Waals surface area contributed by atoms with Crippen LogP contribution in [0.1, 0.15) is 37.5 Å². The van der Waals surface area contributed by atoms with E-state index in [1.807, 2.05) is 0 Å². The van der Waals surface area contributed by atoms with E-state index in [0.29, 0.717) is 35.3 Å². The molecule has 0 spiro atoms. The van der Waals surface area contributed by atoms with Gasteiger partial charge in [-0.1, -0.05) is 0 Å². The van der Waals surface area contributed by atoms with Gasteiger partial charge in [0.1, 0.15) is 0 Å². The number of rotatable bonds is 6. The van der Waals surface area contributed by atoms with Crippen molar-refractivity contribution in [2.75, 3.05) is 25.6 Å². The van der Waals surface area contributed by atoms with E-state index < -0.39 is 11.8 Å². The van der Waals surface area contributed by atoms with Gasteiger partial charge in [-0.3, -0.25) is 19.3 Å². The van der Waals surface area contributed by atoms with Crippen molar-refractivity contribution in [3.8, 4) is 0 Å². The Balaban J connectivity index is 1.53. The summed E-state index contributed by atoms with van der Waals surface area (Å²) in [6.07, 6.45) is 0.551. The lowest BCUT2D eigenvalue weighted by Crippen LogP contribution is -2.31. The highest BCUT2D eigenvalue weighted by molar-refractivity contribution is 6.29. The van der Waals surface area contributed by atoms with E-state index in [9.17, 15) is 14.4 Å². The zero-order chi connectivity index (χ0) is 20.5. The van der Waals surface area contributed by atoms with Crippen LogP contribution < -0.4 is 5.32 Å². The number of fused-ring (bicyclic) bond motifs is 2. The topological polar surface area (TPSA) is 104 Å². The van der Waals surface area contributed by atoms with E-state index in [1.165, 1.54) is 23.1 Å². The molecule has 2 heterocycles. The van der Waals surface area contributed by atoms with E-state index in [4.69, 9.17) is 16.3 Å². The fourth-order valence-corrected chi connectivity index (χ4v) is 3.45. The van der Waals surface area contributed by atoms with Gasteiger partial charge in [0.25, 0.3) is 17.7 Å². The van der Waals surface area contributed by atoms with Crippen molar-refractivity contribution in [3.63, 3.8) is 0 Å². The minimum Gasteiger partial charge on any atom is -0.385 e. The van der Waals surface area contributed by atoms with Crippen LogP contribution in [0.15, 0.2) is 36.4 Å². The minimum absolute atomic E-state index is 0.232. The maximum Gasteiger partial charge on any atom is 0.261 e. The number of methoxy groups -OCH3 is 1. The Morgan fingerprint density at radius 3 is 2.76 bits per heavy atom. The molecule has 0 saturated carbocycles. The zero-order valence-corrected chi connectivity index (χ0v) is 16.2. The molecule has 29 heavy (non-hydrogen) atoms. The smallest absolute Gasteiger partial charge is 0.261 e. The number of amides is 3. The molecule has 1 aromatic heterocycles. The van der Waals surface area contributed by atoms with Crippen LogP contribution in [0.5, 0.6) is 0 Å². The SMILES string of the molecule is COCCCN1C(=O)c2ccc(C(=O)Nc3ccc4nc(Cl)[nH]c4c3)cc2C1=O. The fraction of sp³-hybridized carbons (Fsp3) is 0.200. The highest BCUT2D eigenvalue weighted by atomic mass is 35.5. The normalized spacial score (nSPS) is 13.2. The van der Waals surface area contributed by atoms with Crippen molar-refractivity contribution >= 4 is 46.0 Å². The van der Waals surface area contributed by atoms with Gasteiger partial charge in [-0.25, -0.2) is 4.98 Å². The first-order valence-corrected chi connectivity index (χ1v) is 9.31. The number of imidazole rings is 1. The molecule has 4 rings (SSSR count). The lowest BCUT2D eigenvalue weighted by molar-refractivity contribution is 0.0638. The molecule has 8 nitrogen and oxygen atoms in total. The summed E-state index contributed by atoms with van der Waals surface area (Å²) in [5, 5.41) is 3.04. The summed E-state index contributed by atoms with van der Waals surface area (Å²) in [5.41, 5.74) is 2.74. The van der Waals surface area contributed by atoms with Gasteiger partial charge in [-0.15, -0.1) is 0 Å². The number of anilines is 1. The van der Waals surface area contributed by atoms with Gasteiger partial charge < -0.3 is 15.0 Å². The van der Waals surface area contributed by atoms with Crippen LogP contribution in [0.4, 0.5) is 5.69 Å². The number of carbonyl (C=O) groups excluding carboxylic acids is 3. The number of benzene rings is 2. The molecule has 2 aromatic carbocycles. The molecule has 0 unspecified atom stereocenters. The van der Waals surface area contributed by atoms with Gasteiger partial charge in [-0.05, 0) is 54.4 Å². The van der Waals surface area contributed by atoms with E-state index in [1.54, 1.807) is 25.3 Å². The third kappa shape index (κ3) is 3.59. The third-order valence-corrected chi connectivity index (χ3v) is 4.85. The van der Waals surface area contributed by atoms with Crippen LogP contribution >= 0.6 is 11.6 Å². The molecule has 2 N–H and O–H groups in total. The van der Waals surface area contributed by atoms with Crippen molar-refractivity contribution in [2.45, 2.75) is 6.42 Å². The molecule has 148 valence electrons. The van der Waals surface area contributed by atoms with Gasteiger partial charge >= 0.3 is 0 Å². The Morgan fingerprint density at radius 2 is 1.97 bits per heavy atom. The molecule has 0 bridgehead atoms. The Labute approximate surface area is 170 Å². The second kappa shape index (κ2) is 7.65. The van der Waals surface area contributed by atoms with Crippen molar-refractivity contribution in [1.29, 1.82) is 0 Å². The average Bonchev–Trinajstić information content (AvgIpc) is 3.19. The lowest BCUT2D eigenvalue weighted by atomic mass is 10.1. The largest absolute Gasteiger partial charge is 0.385 e. The van der Waals surface area contributed by atoms with E-state index in [0.717, 1.165) is 0 Å². The molecule has 0 atom stereocenters. The number of carbonyl (C=O) groups is 3. The second-order valence-corrected chi connectivity index (χ2v) is 6.94. The van der Waals surface area contributed by atoms with Crippen molar-refractivity contribution in [3.05, 3.63) is 58.4 Å². The molecule has 1 aliphatic rings. The maximum absolute atomic E-state index is 12.6. The van der Waals surface area contributed by atoms with Crippen molar-refractivity contribution in [1.82, 2.24) is 14.9 Å². The number of ether oxygens (including phenoxy) is 1. The van der Waals surface area contributed by atoms with Crippen molar-refractivity contribution in [2.24, 2.45) is 0 Å². The van der Waals surface area contributed by atoms with Gasteiger partial charge in [0, 0.05) is 31.5 Å². The minimum atomic E-state index is -0.399. The number of hydrogen-bond acceptors (Lipinski definition) is 5. The molecule has 1 aliphatic heterocycles. The number of aromatic amines is 1. The number of nitrogens with zero attached hydrogens (tertiary/aromatic N) is 2. The van der Waals surface area contributed by atoms with Crippen LogP contribution in [-0.2, 0) is 4.74 Å². The van der Waals surface area contributed by atoms with Gasteiger partial charge in [-0.2, -0.15) is 0 Å². The summed E-state index contributed by atoms with van der Waals surface area (Å²) >= 11 is 5.84. The summed E-state index contributed by atoms with van der Waals surface area (Å²) in [7, 11) is 1.56. The second-order valence-electron chi connectivity index (χ2n) is 6.58. The lowest BCUT2D eigenvalue weighted by Gasteiger charge is -2.12. The highest BCUT2D eigenvalue weighted by Gasteiger charge is 2.35. The highest BCUT2D eigenvalue weighted by Crippen LogP contribution is 2.25. The molecule has 0 aliphatic carbocycles. The first kappa shape index (κ1) is 19.1. The van der Waals surface area contributed by atoms with Gasteiger partial charge in [0.2, 0.25) is 5.28 Å². The first-order chi connectivity index (χ1) is 14.0. The van der Waals surface area contributed by atoms with Crippen LogP contribution in [0.2, 0.25) is 5.28 Å². The number of hydrogen-bond donors (Lipinski definition) is 2. The predicted molar refractivity (Wildman–Crippen MR) is 107 cm³/mol. The van der Waals surface area contributed by atoms with Crippen LogP contribution in [-0.4, -0.2) is 52.9 Å². The first-order valence-electron chi connectivity index (χ1n) is 8.94. The number of aromatic nitrogens is 2. The number of nitrogens with one attached hydrogen (secondary N) is 2. The molecule has 0 saturated heterocycles. The summed E-state index contributed by atoms with van der Waals surface area (Å²) in [6, 6.07) is 9.65. The zero-order valence-electron chi connectivity index (χ0n) is 15.5. The molecule has 3 aromatic rings. The Kier molecular flexibility index (Phi) is 5.04. The maximum atomic E-state index is 12.6. The quantitative estimate of drug-likeness (QED) is 0.478. The van der Waals surface area contributed by atoms with E-state index in [2.05, 4.69) is 15.3 Å². The average molecular weight is 413 g/mol. The van der Waals surface area contributed by atoms with Crippen LogP contribution in [0.25, 0.3) is 11.0 Å². The standard InChI is InChI=1S/C20H17ClN4O4/c1-29-8-2-7-25-18(27)13-5-3-11(9-14(13)19(25)28)17(26)22-12-4-6-15-16(10-12)24-20(21)23-15/h3-6,9-10H,2,7-8H2,1H3,(H,22,26)(H,23,24). The monoisotopic (exact) mass is 412 g/mol. The molecule has 9 heteroatoms. The Bertz CT molecular complexity index is 1140. The van der Waals surface area contributed by atoms with Gasteiger partial charge in [0.15, 0.2) is 0 Å². The molecule has 0 radical (unpaired) electrons. The fourth-order valence-electron chi connectivity index (χ4n) is 3.26. The van der Waals surface area contributed by atoms with E-state index in [-0.39, 0.29) is 28.9 Å². The summed E-state index contributed by atoms with van der Waals surface area (Å²) < 4.78 is 4.97. The van der Waals surface area contributed by atoms with Gasteiger partial charge in [0.05, 0.1) is 22.2 Å².